The van der Waals surface area contributed by atoms with Gasteiger partial charge < -0.3 is 10.1 Å². The third-order valence-corrected chi connectivity index (χ3v) is 2.83. The fraction of sp³-hybridized carbons (Fsp3) is 0.0588. The van der Waals surface area contributed by atoms with Crippen LogP contribution in [0, 0.1) is 0 Å². The van der Waals surface area contributed by atoms with Crippen LogP contribution in [-0.2, 0) is 4.74 Å². The Morgan fingerprint density at radius 3 is 2.43 bits per heavy atom. The molecule has 0 unspecified atom stereocenters. The molecule has 0 bridgehead atoms. The topological polar surface area (TPSA) is 55.4 Å². The van der Waals surface area contributed by atoms with Crippen molar-refractivity contribution in [1.29, 1.82) is 0 Å². The highest BCUT2D eigenvalue weighted by Gasteiger charge is 2.08. The molecule has 0 saturated carbocycles. The zero-order valence-corrected chi connectivity index (χ0v) is 11.6. The number of para-hydroxylation sites is 1. The Labute approximate surface area is 123 Å². The lowest BCUT2D eigenvalue weighted by molar-refractivity contribution is 0.0600. The zero-order chi connectivity index (χ0) is 15.1. The van der Waals surface area contributed by atoms with Gasteiger partial charge in [-0.15, -0.1) is 0 Å². The van der Waals surface area contributed by atoms with Crippen LogP contribution < -0.4 is 5.32 Å². The van der Waals surface area contributed by atoms with E-state index in [1.165, 1.54) is 19.3 Å². The summed E-state index contributed by atoms with van der Waals surface area (Å²) in [5.41, 5.74) is 1.68. The van der Waals surface area contributed by atoms with Gasteiger partial charge in [-0.2, -0.15) is 0 Å². The van der Waals surface area contributed by atoms with Gasteiger partial charge in [0.1, 0.15) is 0 Å². The number of allylic oxidation sites excluding steroid dienone is 1. The first-order chi connectivity index (χ1) is 10.2. The second-order valence-electron chi connectivity index (χ2n) is 4.28. The van der Waals surface area contributed by atoms with Crippen molar-refractivity contribution in [2.24, 2.45) is 0 Å². The average Bonchev–Trinajstić information content (AvgIpc) is 2.55. The van der Waals surface area contributed by atoms with Crippen molar-refractivity contribution in [3.8, 4) is 0 Å². The Bertz CT molecular complexity index is 663. The smallest absolute Gasteiger partial charge is 0.337 e. The molecular weight excluding hydrogens is 266 g/mol. The number of ketones is 1. The second kappa shape index (κ2) is 7.05. The normalized spacial score (nSPS) is 10.3. The Morgan fingerprint density at radius 2 is 1.71 bits per heavy atom. The molecule has 0 radical (unpaired) electrons. The highest BCUT2D eigenvalue weighted by molar-refractivity contribution is 6.06. The molecule has 4 nitrogen and oxygen atoms in total. The minimum atomic E-state index is -0.462. The van der Waals surface area contributed by atoms with E-state index in [1.807, 2.05) is 30.3 Å². The van der Waals surface area contributed by atoms with Crippen LogP contribution in [0.5, 0.6) is 0 Å². The van der Waals surface area contributed by atoms with Crippen molar-refractivity contribution < 1.29 is 14.3 Å². The summed E-state index contributed by atoms with van der Waals surface area (Å²) in [5.74, 6) is -0.653. The maximum Gasteiger partial charge on any atom is 0.337 e. The lowest BCUT2D eigenvalue weighted by atomic mass is 10.1. The van der Waals surface area contributed by atoms with Gasteiger partial charge in [-0.1, -0.05) is 30.3 Å². The molecule has 0 fully saturated rings. The number of hydrogen-bond donors (Lipinski definition) is 1. The number of anilines is 1. The maximum atomic E-state index is 12.0. The molecule has 0 saturated heterocycles. The number of hydrogen-bond acceptors (Lipinski definition) is 4. The lowest BCUT2D eigenvalue weighted by Crippen LogP contribution is -2.03. The number of nitrogens with one attached hydrogen (secondary N) is 1. The first kappa shape index (κ1) is 14.5. The van der Waals surface area contributed by atoms with E-state index < -0.39 is 5.97 Å². The summed E-state index contributed by atoms with van der Waals surface area (Å²) in [7, 11) is 1.31. The van der Waals surface area contributed by atoms with Gasteiger partial charge in [0.2, 0.25) is 0 Å². The van der Waals surface area contributed by atoms with E-state index >= 15 is 0 Å². The van der Waals surface area contributed by atoms with E-state index in [9.17, 15) is 9.59 Å². The summed E-state index contributed by atoms with van der Waals surface area (Å²) < 4.78 is 4.63. The quantitative estimate of drug-likeness (QED) is 0.519. The molecule has 4 heteroatoms. The number of carbonyl (C=O) groups is 2. The third kappa shape index (κ3) is 4.04. The van der Waals surface area contributed by atoms with E-state index in [0.29, 0.717) is 11.1 Å². The third-order valence-electron chi connectivity index (χ3n) is 2.83. The van der Waals surface area contributed by atoms with Crippen LogP contribution in [0.2, 0.25) is 0 Å². The maximum absolute atomic E-state index is 12.0. The SMILES string of the molecule is COC(=O)c1cccc(C(=O)/C=C/Nc2ccccc2)c1. The largest absolute Gasteiger partial charge is 0.465 e. The van der Waals surface area contributed by atoms with Gasteiger partial charge in [0, 0.05) is 23.5 Å². The van der Waals surface area contributed by atoms with E-state index in [4.69, 9.17) is 0 Å². The van der Waals surface area contributed by atoms with Crippen LogP contribution in [0.15, 0.2) is 66.9 Å². The molecule has 0 amide bonds. The fourth-order valence-corrected chi connectivity index (χ4v) is 1.76. The van der Waals surface area contributed by atoms with Crippen LogP contribution in [0.1, 0.15) is 20.7 Å². The molecule has 0 heterocycles. The minimum absolute atomic E-state index is 0.191. The van der Waals surface area contributed by atoms with Gasteiger partial charge >= 0.3 is 5.97 Å². The summed E-state index contributed by atoms with van der Waals surface area (Å²) in [5, 5.41) is 3.00. The van der Waals surface area contributed by atoms with Crippen LogP contribution >= 0.6 is 0 Å². The van der Waals surface area contributed by atoms with E-state index in [-0.39, 0.29) is 5.78 Å². The molecular formula is C17H15NO3. The first-order valence-corrected chi connectivity index (χ1v) is 6.41. The molecule has 21 heavy (non-hydrogen) atoms. The van der Waals surface area contributed by atoms with E-state index in [2.05, 4.69) is 10.1 Å². The second-order valence-corrected chi connectivity index (χ2v) is 4.28. The molecule has 2 aromatic rings. The van der Waals surface area contributed by atoms with Crippen molar-refractivity contribution in [2.45, 2.75) is 0 Å². The van der Waals surface area contributed by atoms with Gasteiger partial charge in [-0.05, 0) is 24.3 Å². The Morgan fingerprint density at radius 1 is 1.00 bits per heavy atom. The number of esters is 1. The molecule has 106 valence electrons. The van der Waals surface area contributed by atoms with Gasteiger partial charge in [-0.25, -0.2) is 4.79 Å². The van der Waals surface area contributed by atoms with Gasteiger partial charge in [0.05, 0.1) is 12.7 Å². The lowest BCUT2D eigenvalue weighted by Gasteiger charge is -2.02. The molecule has 0 spiro atoms. The van der Waals surface area contributed by atoms with Crippen molar-refractivity contribution in [1.82, 2.24) is 0 Å². The van der Waals surface area contributed by atoms with Crippen molar-refractivity contribution in [3.63, 3.8) is 0 Å². The van der Waals surface area contributed by atoms with Gasteiger partial charge in [0.25, 0.3) is 0 Å². The monoisotopic (exact) mass is 281 g/mol. The minimum Gasteiger partial charge on any atom is -0.465 e. The van der Waals surface area contributed by atoms with Crippen molar-refractivity contribution >= 4 is 17.4 Å². The Kier molecular flexibility index (Phi) is 4.88. The predicted octanol–water partition coefficient (Wildman–Crippen LogP) is 3.28. The van der Waals surface area contributed by atoms with Crippen LogP contribution in [0.25, 0.3) is 0 Å². The molecule has 2 rings (SSSR count). The number of ether oxygens (including phenoxy) is 1. The standard InChI is InChI=1S/C17H15NO3/c1-21-17(20)14-7-5-6-13(12-14)16(19)10-11-18-15-8-3-2-4-9-15/h2-12,18H,1H3/b11-10+. The Balaban J connectivity index is 2.05. The number of benzene rings is 2. The van der Waals surface area contributed by atoms with Gasteiger partial charge in [0.15, 0.2) is 5.78 Å². The molecule has 0 aliphatic carbocycles. The zero-order valence-electron chi connectivity index (χ0n) is 11.6. The molecule has 0 aromatic heterocycles. The van der Waals surface area contributed by atoms with Crippen molar-refractivity contribution in [2.75, 3.05) is 12.4 Å². The summed E-state index contributed by atoms with van der Waals surface area (Å²) in [6, 6.07) is 15.9. The molecule has 2 aromatic carbocycles. The van der Waals surface area contributed by atoms with Crippen molar-refractivity contribution in [3.05, 3.63) is 78.0 Å². The van der Waals surface area contributed by atoms with Crippen LogP contribution in [-0.4, -0.2) is 18.9 Å². The van der Waals surface area contributed by atoms with E-state index in [0.717, 1.165) is 5.69 Å². The summed E-state index contributed by atoms with van der Waals surface area (Å²) in [6.45, 7) is 0. The molecule has 0 atom stereocenters. The number of rotatable bonds is 5. The molecule has 1 N–H and O–H groups in total. The van der Waals surface area contributed by atoms with Crippen LogP contribution in [0.3, 0.4) is 0 Å². The van der Waals surface area contributed by atoms with Gasteiger partial charge in [-0.3, -0.25) is 4.79 Å². The highest BCUT2D eigenvalue weighted by Crippen LogP contribution is 2.09. The highest BCUT2D eigenvalue weighted by atomic mass is 16.5. The predicted molar refractivity (Wildman–Crippen MR) is 81.3 cm³/mol. The fourth-order valence-electron chi connectivity index (χ4n) is 1.76. The van der Waals surface area contributed by atoms with E-state index in [1.54, 1.807) is 24.4 Å². The summed E-state index contributed by atoms with van der Waals surface area (Å²) in [6.07, 6.45) is 2.99. The van der Waals surface area contributed by atoms with Crippen LogP contribution in [0.4, 0.5) is 5.69 Å². The average molecular weight is 281 g/mol. The molecule has 0 aliphatic rings. The number of carbonyl (C=O) groups excluding carboxylic acids is 2. The first-order valence-electron chi connectivity index (χ1n) is 6.41. The molecule has 0 aliphatic heterocycles. The number of methoxy groups -OCH3 is 1. The summed E-state index contributed by atoms with van der Waals surface area (Å²) >= 11 is 0. The Hall–Kier alpha value is -2.88. The summed E-state index contributed by atoms with van der Waals surface area (Å²) in [4.78, 5) is 23.4.